The Bertz CT molecular complexity index is 427. The van der Waals surface area contributed by atoms with Crippen molar-refractivity contribution in [2.75, 3.05) is 19.3 Å². The van der Waals surface area contributed by atoms with E-state index in [1.54, 1.807) is 0 Å². The maximum Gasteiger partial charge on any atom is 0.178 e. The van der Waals surface area contributed by atoms with Crippen molar-refractivity contribution in [3.8, 4) is 0 Å². The summed E-state index contributed by atoms with van der Waals surface area (Å²) >= 11 is 0. The van der Waals surface area contributed by atoms with Crippen molar-refractivity contribution >= 4 is 9.84 Å². The molecule has 1 atom stereocenters. The minimum atomic E-state index is -3.22. The Hall–Kier alpha value is -0.920. The molecule has 1 unspecified atom stereocenters. The van der Waals surface area contributed by atoms with E-state index < -0.39 is 15.9 Å². The molecule has 1 aromatic heterocycles. The van der Waals surface area contributed by atoms with Gasteiger partial charge < -0.3 is 10.4 Å². The summed E-state index contributed by atoms with van der Waals surface area (Å²) in [6.45, 7) is 3.47. The first-order chi connectivity index (χ1) is 7.43. The smallest absolute Gasteiger partial charge is 0.178 e. The molecule has 2 N–H and O–H groups in total. The number of aromatic nitrogens is 2. The summed E-state index contributed by atoms with van der Waals surface area (Å²) in [5, 5.41) is 16.4. The van der Waals surface area contributed by atoms with Crippen LogP contribution in [-0.4, -0.2) is 48.8 Å². The first-order valence-electron chi connectivity index (χ1n) is 5.04. The van der Waals surface area contributed by atoms with Crippen LogP contribution in [0.1, 0.15) is 6.92 Å². The number of nitrogens with one attached hydrogen (secondary N) is 1. The fraction of sp³-hybridized carbons (Fsp3) is 0.667. The molecular formula is C9H17N3O3S. The van der Waals surface area contributed by atoms with E-state index in [1.165, 1.54) is 17.1 Å². The van der Waals surface area contributed by atoms with Crippen LogP contribution in [0.2, 0.25) is 0 Å². The van der Waals surface area contributed by atoms with Crippen LogP contribution < -0.4 is 5.32 Å². The van der Waals surface area contributed by atoms with Crippen LogP contribution in [0.25, 0.3) is 0 Å². The monoisotopic (exact) mass is 247 g/mol. The molecule has 1 rings (SSSR count). The molecule has 0 radical (unpaired) electrons. The normalized spacial score (nSPS) is 13.9. The molecule has 0 bridgehead atoms. The lowest BCUT2D eigenvalue weighted by Crippen LogP contribution is -2.30. The van der Waals surface area contributed by atoms with Gasteiger partial charge in [0.15, 0.2) is 9.84 Å². The largest absolute Gasteiger partial charge is 0.390 e. The standard InChI is InChI=1S/C9H17N3O3S/c1-3-10-4-8(13)6-12-7-9(5-11-12)16(2,14)15/h5,7-8,10,13H,3-4,6H2,1-2H3. The van der Waals surface area contributed by atoms with Gasteiger partial charge in [-0.15, -0.1) is 0 Å². The van der Waals surface area contributed by atoms with Crippen LogP contribution in [0.4, 0.5) is 0 Å². The lowest BCUT2D eigenvalue weighted by Gasteiger charge is -2.10. The molecule has 16 heavy (non-hydrogen) atoms. The van der Waals surface area contributed by atoms with E-state index in [0.29, 0.717) is 6.54 Å². The van der Waals surface area contributed by atoms with Gasteiger partial charge in [0.25, 0.3) is 0 Å². The molecule has 7 heteroatoms. The minimum Gasteiger partial charge on any atom is -0.390 e. The third-order valence-corrected chi connectivity index (χ3v) is 3.13. The van der Waals surface area contributed by atoms with Gasteiger partial charge >= 0.3 is 0 Å². The Kier molecular flexibility index (Phi) is 4.45. The maximum atomic E-state index is 11.2. The average molecular weight is 247 g/mol. The second kappa shape index (κ2) is 5.42. The molecule has 1 heterocycles. The zero-order chi connectivity index (χ0) is 12.2. The van der Waals surface area contributed by atoms with Crippen molar-refractivity contribution in [2.45, 2.75) is 24.5 Å². The maximum absolute atomic E-state index is 11.2. The Morgan fingerprint density at radius 2 is 2.31 bits per heavy atom. The summed E-state index contributed by atoms with van der Waals surface area (Å²) in [6.07, 6.45) is 3.26. The third-order valence-electron chi connectivity index (χ3n) is 2.07. The molecule has 0 fully saturated rings. The third kappa shape index (κ3) is 3.92. The SMILES string of the molecule is CCNCC(O)Cn1cc(S(C)(=O)=O)cn1. The lowest BCUT2D eigenvalue weighted by molar-refractivity contribution is 0.147. The van der Waals surface area contributed by atoms with Crippen molar-refractivity contribution in [2.24, 2.45) is 0 Å². The number of nitrogens with zero attached hydrogens (tertiary/aromatic N) is 2. The van der Waals surface area contributed by atoms with Crippen LogP contribution >= 0.6 is 0 Å². The topological polar surface area (TPSA) is 84.2 Å². The molecule has 0 aromatic carbocycles. The Morgan fingerprint density at radius 1 is 1.62 bits per heavy atom. The van der Waals surface area contributed by atoms with Crippen LogP contribution in [0.5, 0.6) is 0 Å². The van der Waals surface area contributed by atoms with Gasteiger partial charge in [0.2, 0.25) is 0 Å². The summed E-state index contributed by atoms with van der Waals surface area (Å²) in [5.41, 5.74) is 0. The molecule has 0 saturated heterocycles. The fourth-order valence-electron chi connectivity index (χ4n) is 1.23. The Balaban J connectivity index is 2.59. The molecule has 0 saturated carbocycles. The lowest BCUT2D eigenvalue weighted by atomic mass is 10.3. The molecule has 0 aliphatic rings. The number of rotatable bonds is 6. The highest BCUT2D eigenvalue weighted by Gasteiger charge is 2.11. The van der Waals surface area contributed by atoms with E-state index in [0.717, 1.165) is 12.8 Å². The van der Waals surface area contributed by atoms with E-state index in [-0.39, 0.29) is 11.4 Å². The van der Waals surface area contributed by atoms with Gasteiger partial charge in [-0.25, -0.2) is 8.42 Å². The number of sulfone groups is 1. The van der Waals surface area contributed by atoms with Gasteiger partial charge in [-0.2, -0.15) is 5.10 Å². The molecule has 1 aromatic rings. The van der Waals surface area contributed by atoms with E-state index in [2.05, 4.69) is 10.4 Å². The van der Waals surface area contributed by atoms with Crippen molar-refractivity contribution < 1.29 is 13.5 Å². The Labute approximate surface area is 95.2 Å². The van der Waals surface area contributed by atoms with Crippen molar-refractivity contribution in [1.82, 2.24) is 15.1 Å². The van der Waals surface area contributed by atoms with Gasteiger partial charge in [0, 0.05) is 19.0 Å². The highest BCUT2D eigenvalue weighted by Crippen LogP contribution is 2.06. The second-order valence-corrected chi connectivity index (χ2v) is 5.65. The van der Waals surface area contributed by atoms with E-state index >= 15 is 0 Å². The zero-order valence-electron chi connectivity index (χ0n) is 9.42. The molecular weight excluding hydrogens is 230 g/mol. The van der Waals surface area contributed by atoms with Crippen molar-refractivity contribution in [3.05, 3.63) is 12.4 Å². The number of aliphatic hydroxyl groups is 1. The molecule has 0 aliphatic heterocycles. The first-order valence-corrected chi connectivity index (χ1v) is 6.94. The fourth-order valence-corrected chi connectivity index (χ4v) is 1.78. The summed E-state index contributed by atoms with van der Waals surface area (Å²) < 4.78 is 23.8. The van der Waals surface area contributed by atoms with Crippen LogP contribution in [0.15, 0.2) is 17.3 Å². The highest BCUT2D eigenvalue weighted by atomic mass is 32.2. The molecule has 0 spiro atoms. The van der Waals surface area contributed by atoms with Crippen LogP contribution in [0, 0.1) is 0 Å². The predicted molar refractivity (Wildman–Crippen MR) is 59.9 cm³/mol. The van der Waals surface area contributed by atoms with Gasteiger partial charge in [0.1, 0.15) is 4.90 Å². The number of aliphatic hydroxyl groups excluding tert-OH is 1. The molecule has 0 aliphatic carbocycles. The van der Waals surface area contributed by atoms with Crippen LogP contribution in [-0.2, 0) is 16.4 Å². The summed E-state index contributed by atoms with van der Waals surface area (Å²) in [5.74, 6) is 0. The molecule has 92 valence electrons. The van der Waals surface area contributed by atoms with Gasteiger partial charge in [-0.3, -0.25) is 4.68 Å². The van der Waals surface area contributed by atoms with Gasteiger partial charge in [0.05, 0.1) is 18.8 Å². The second-order valence-electron chi connectivity index (χ2n) is 3.63. The summed E-state index contributed by atoms with van der Waals surface area (Å²) in [6, 6.07) is 0. The minimum absolute atomic E-state index is 0.170. The zero-order valence-corrected chi connectivity index (χ0v) is 10.2. The van der Waals surface area contributed by atoms with Crippen molar-refractivity contribution in [1.29, 1.82) is 0 Å². The highest BCUT2D eigenvalue weighted by molar-refractivity contribution is 7.90. The molecule has 6 nitrogen and oxygen atoms in total. The van der Waals surface area contributed by atoms with E-state index in [9.17, 15) is 13.5 Å². The van der Waals surface area contributed by atoms with Crippen LogP contribution in [0.3, 0.4) is 0 Å². The quantitative estimate of drug-likeness (QED) is 0.691. The number of likely N-dealkylation sites (N-methyl/N-ethyl adjacent to an activating group) is 1. The first kappa shape index (κ1) is 13.1. The summed E-state index contributed by atoms with van der Waals surface area (Å²) in [7, 11) is -3.22. The van der Waals surface area contributed by atoms with Gasteiger partial charge in [-0.1, -0.05) is 6.92 Å². The predicted octanol–water partition coefficient (Wildman–Crippen LogP) is -0.743. The number of hydrogen-bond acceptors (Lipinski definition) is 5. The van der Waals surface area contributed by atoms with E-state index in [4.69, 9.17) is 0 Å². The summed E-state index contributed by atoms with van der Waals surface area (Å²) in [4.78, 5) is 0.170. The Morgan fingerprint density at radius 3 is 2.81 bits per heavy atom. The van der Waals surface area contributed by atoms with E-state index in [1.807, 2.05) is 6.92 Å². The van der Waals surface area contributed by atoms with Crippen molar-refractivity contribution in [3.63, 3.8) is 0 Å². The average Bonchev–Trinajstić information content (AvgIpc) is 2.62. The molecule has 0 amide bonds. The number of hydrogen-bond donors (Lipinski definition) is 2. The van der Waals surface area contributed by atoms with Gasteiger partial charge in [-0.05, 0) is 6.54 Å².